The molecule has 37 heavy (non-hydrogen) atoms. The Bertz CT molecular complexity index is 1400. The molecule has 2 fully saturated rings. The molecule has 0 spiro atoms. The largest absolute Gasteiger partial charge is 0.448 e. The molecule has 0 atom stereocenters. The molecular weight excluding hydrogens is 476 g/mol. The second-order valence-electron chi connectivity index (χ2n) is 9.13. The number of pyridine rings is 1. The third-order valence-corrected chi connectivity index (χ3v) is 6.75. The van der Waals surface area contributed by atoms with Crippen LogP contribution in [0.4, 0.5) is 10.5 Å². The Balaban J connectivity index is 1.40. The number of aromatic nitrogens is 3. The first-order valence-corrected chi connectivity index (χ1v) is 12.1. The van der Waals surface area contributed by atoms with Crippen LogP contribution in [0.3, 0.4) is 0 Å². The third kappa shape index (κ3) is 5.02. The van der Waals surface area contributed by atoms with Crippen molar-refractivity contribution in [3.05, 3.63) is 47.8 Å². The number of nitrogens with two attached hydrogens (primary N) is 1. The zero-order chi connectivity index (χ0) is 25.9. The van der Waals surface area contributed by atoms with Crippen molar-refractivity contribution in [3.63, 3.8) is 0 Å². The Kier molecular flexibility index (Phi) is 6.59. The predicted octanol–water partition coefficient (Wildman–Crippen LogP) is 1.66. The average Bonchev–Trinajstić information content (AvgIpc) is 3.53. The van der Waals surface area contributed by atoms with Crippen molar-refractivity contribution in [1.29, 1.82) is 5.26 Å². The first-order valence-electron chi connectivity index (χ1n) is 12.1. The van der Waals surface area contributed by atoms with Crippen LogP contribution in [0.1, 0.15) is 41.6 Å². The number of nitriles is 1. The molecule has 2 aliphatic rings. The molecule has 1 saturated heterocycles. The molecule has 3 aromatic rings. The zero-order valence-corrected chi connectivity index (χ0v) is 20.0. The summed E-state index contributed by atoms with van der Waals surface area (Å²) in [6.07, 6.45) is 5.95. The molecule has 0 radical (unpaired) electrons. The van der Waals surface area contributed by atoms with Crippen LogP contribution in [-0.2, 0) is 9.53 Å². The lowest BCUT2D eigenvalue weighted by molar-refractivity contribution is -0.117. The lowest BCUT2D eigenvalue weighted by Gasteiger charge is -2.34. The van der Waals surface area contributed by atoms with Gasteiger partial charge in [-0.3, -0.25) is 14.6 Å². The number of ether oxygens (including phenoxy) is 1. The van der Waals surface area contributed by atoms with Crippen molar-refractivity contribution in [1.82, 2.24) is 24.8 Å². The van der Waals surface area contributed by atoms with Gasteiger partial charge in [-0.25, -0.2) is 9.31 Å². The molecule has 5 rings (SSSR count). The van der Waals surface area contributed by atoms with Gasteiger partial charge in [-0.05, 0) is 49.9 Å². The van der Waals surface area contributed by atoms with Crippen molar-refractivity contribution in [2.45, 2.75) is 37.8 Å². The normalized spacial score (nSPS) is 19.3. The molecule has 1 aliphatic carbocycles. The maximum absolute atomic E-state index is 12.8. The lowest BCUT2D eigenvalue weighted by atomic mass is 9.90. The fourth-order valence-electron chi connectivity index (χ4n) is 4.90. The van der Waals surface area contributed by atoms with Crippen LogP contribution >= 0.6 is 0 Å². The van der Waals surface area contributed by atoms with Crippen molar-refractivity contribution >= 4 is 29.1 Å². The van der Waals surface area contributed by atoms with E-state index in [1.165, 1.54) is 12.4 Å². The molecular formula is C25H26N8O4. The maximum atomic E-state index is 12.8. The van der Waals surface area contributed by atoms with E-state index >= 15 is 0 Å². The molecule has 12 nitrogen and oxygen atoms in total. The molecule has 4 N–H and O–H groups in total. The third-order valence-electron chi connectivity index (χ3n) is 6.75. The molecule has 1 saturated carbocycles. The number of hydrogen-bond acceptors (Lipinski definition) is 8. The fourth-order valence-corrected chi connectivity index (χ4v) is 4.90. The van der Waals surface area contributed by atoms with Crippen LogP contribution in [0.15, 0.2) is 36.7 Å². The van der Waals surface area contributed by atoms with Gasteiger partial charge in [-0.1, -0.05) is 0 Å². The average molecular weight is 503 g/mol. The molecule has 0 unspecified atom stereocenters. The van der Waals surface area contributed by atoms with Gasteiger partial charge < -0.3 is 26.0 Å². The minimum atomic E-state index is -0.645. The number of primary amides is 1. The highest BCUT2D eigenvalue weighted by Crippen LogP contribution is 2.30. The predicted molar refractivity (Wildman–Crippen MR) is 132 cm³/mol. The van der Waals surface area contributed by atoms with Crippen LogP contribution in [-0.4, -0.2) is 69.2 Å². The summed E-state index contributed by atoms with van der Waals surface area (Å²) in [5.74, 6) is -1.11. The van der Waals surface area contributed by atoms with E-state index in [9.17, 15) is 14.4 Å². The summed E-state index contributed by atoms with van der Waals surface area (Å²) in [5, 5.41) is 19.5. The van der Waals surface area contributed by atoms with Gasteiger partial charge in [0, 0.05) is 18.3 Å². The summed E-state index contributed by atoms with van der Waals surface area (Å²) >= 11 is 0. The van der Waals surface area contributed by atoms with E-state index in [-0.39, 0.29) is 30.3 Å². The Hall–Kier alpha value is -4.66. The standard InChI is InChI=1S/C25H26N8O4/c26-11-15-9-18-5-6-22(33(18)30-12-15)21-10-20(19(13-28-21)24(35)29-14-23(27)34)31-16-1-3-17(4-2-16)32-7-8-37-25(32)36/h5-6,9-10,12-13,16-17H,1-4,7-8,14H2,(H2,27,34)(H,28,31)(H,29,35). The zero-order valence-electron chi connectivity index (χ0n) is 20.0. The van der Waals surface area contributed by atoms with Crippen LogP contribution in [0.5, 0.6) is 0 Å². The molecule has 0 aromatic carbocycles. The molecule has 12 heteroatoms. The number of carbonyl (C=O) groups excluding carboxylic acids is 3. The summed E-state index contributed by atoms with van der Waals surface area (Å²) < 4.78 is 6.76. The molecule has 4 heterocycles. The molecule has 1 aliphatic heterocycles. The van der Waals surface area contributed by atoms with E-state index in [2.05, 4.69) is 26.8 Å². The Labute approximate surface area is 212 Å². The number of nitrogens with zero attached hydrogens (tertiary/aromatic N) is 5. The number of fused-ring (bicyclic) bond motifs is 1. The maximum Gasteiger partial charge on any atom is 0.410 e. The van der Waals surface area contributed by atoms with Gasteiger partial charge in [0.1, 0.15) is 12.7 Å². The molecule has 0 bridgehead atoms. The van der Waals surface area contributed by atoms with Crippen molar-refractivity contribution < 1.29 is 19.1 Å². The molecule has 3 amide bonds. The lowest BCUT2D eigenvalue weighted by Crippen LogP contribution is -2.41. The second-order valence-corrected chi connectivity index (χ2v) is 9.13. The number of hydrogen-bond donors (Lipinski definition) is 3. The van der Waals surface area contributed by atoms with Crippen LogP contribution in [0.25, 0.3) is 16.9 Å². The summed E-state index contributed by atoms with van der Waals surface area (Å²) in [5.41, 5.74) is 8.52. The van der Waals surface area contributed by atoms with Gasteiger partial charge in [0.25, 0.3) is 5.91 Å². The van der Waals surface area contributed by atoms with E-state index in [0.717, 1.165) is 31.2 Å². The van der Waals surface area contributed by atoms with Crippen LogP contribution < -0.4 is 16.4 Å². The minimum Gasteiger partial charge on any atom is -0.448 e. The number of anilines is 1. The fraction of sp³-hybridized carbons (Fsp3) is 0.360. The molecule has 3 aromatic heterocycles. The summed E-state index contributed by atoms with van der Waals surface area (Å²) in [7, 11) is 0. The highest BCUT2D eigenvalue weighted by molar-refractivity contribution is 6.01. The summed E-state index contributed by atoms with van der Waals surface area (Å²) in [6.45, 7) is 0.766. The van der Waals surface area contributed by atoms with Gasteiger partial charge >= 0.3 is 6.09 Å². The van der Waals surface area contributed by atoms with Gasteiger partial charge in [-0.15, -0.1) is 0 Å². The summed E-state index contributed by atoms with van der Waals surface area (Å²) in [4.78, 5) is 42.3. The Morgan fingerprint density at radius 3 is 2.70 bits per heavy atom. The summed E-state index contributed by atoms with van der Waals surface area (Å²) in [6, 6.07) is 9.51. The van der Waals surface area contributed by atoms with E-state index in [4.69, 9.17) is 15.7 Å². The van der Waals surface area contributed by atoms with Gasteiger partial charge in [0.15, 0.2) is 0 Å². The highest BCUT2D eigenvalue weighted by Gasteiger charge is 2.33. The Morgan fingerprint density at radius 2 is 2.00 bits per heavy atom. The minimum absolute atomic E-state index is 0.0770. The quantitative estimate of drug-likeness (QED) is 0.438. The van der Waals surface area contributed by atoms with Crippen LogP contribution in [0, 0.1) is 11.3 Å². The second kappa shape index (κ2) is 10.1. The Morgan fingerprint density at radius 1 is 1.19 bits per heavy atom. The first-order chi connectivity index (χ1) is 17.9. The van der Waals surface area contributed by atoms with Gasteiger partial charge in [-0.2, -0.15) is 10.4 Å². The number of rotatable bonds is 7. The van der Waals surface area contributed by atoms with E-state index < -0.39 is 11.8 Å². The van der Waals surface area contributed by atoms with E-state index in [0.29, 0.717) is 35.8 Å². The highest BCUT2D eigenvalue weighted by atomic mass is 16.6. The first kappa shape index (κ1) is 24.1. The number of nitrogens with one attached hydrogen (secondary N) is 2. The smallest absolute Gasteiger partial charge is 0.410 e. The van der Waals surface area contributed by atoms with Crippen LogP contribution in [0.2, 0.25) is 0 Å². The topological polar surface area (TPSA) is 168 Å². The number of carbonyl (C=O) groups is 3. The van der Waals surface area contributed by atoms with Crippen molar-refractivity contribution in [2.24, 2.45) is 5.73 Å². The van der Waals surface area contributed by atoms with E-state index in [1.54, 1.807) is 21.5 Å². The van der Waals surface area contributed by atoms with E-state index in [1.807, 2.05) is 12.1 Å². The number of cyclic esters (lactones) is 1. The monoisotopic (exact) mass is 502 g/mol. The van der Waals surface area contributed by atoms with Gasteiger partial charge in [0.05, 0.1) is 53.0 Å². The molecule has 190 valence electrons. The number of amides is 3. The van der Waals surface area contributed by atoms with Crippen molar-refractivity contribution in [2.75, 3.05) is 25.0 Å². The SMILES string of the molecule is N#Cc1cnn2c(-c3cc(NC4CCC(N5CCOC5=O)CC4)c(C(=O)NCC(N)=O)cn3)ccc2c1. The van der Waals surface area contributed by atoms with Gasteiger partial charge in [0.2, 0.25) is 5.91 Å². The van der Waals surface area contributed by atoms with Crippen molar-refractivity contribution in [3.8, 4) is 17.5 Å².